The van der Waals surface area contributed by atoms with Crippen LogP contribution in [0.25, 0.3) is 0 Å². The minimum absolute atomic E-state index is 0.00463. The maximum absolute atomic E-state index is 9.75. The van der Waals surface area contributed by atoms with Gasteiger partial charge in [0.15, 0.2) is 0 Å². The van der Waals surface area contributed by atoms with Crippen molar-refractivity contribution in [2.24, 2.45) is 0 Å². The molecule has 2 nitrogen and oxygen atoms in total. The van der Waals surface area contributed by atoms with Crippen LogP contribution < -0.4 is 5.32 Å². The Morgan fingerprint density at radius 3 is 1.25 bits per heavy atom. The summed E-state index contributed by atoms with van der Waals surface area (Å²) in [6, 6.07) is 0. The van der Waals surface area contributed by atoms with Gasteiger partial charge in [-0.2, -0.15) is 0 Å². The summed E-state index contributed by atoms with van der Waals surface area (Å²) in [4.78, 5) is 9.70. The number of amides is 1. The minimum atomic E-state index is -6.00. The molecule has 0 aromatic rings. The normalized spacial score (nSPS) is 8.33. The van der Waals surface area contributed by atoms with Crippen molar-refractivity contribution < 1.29 is 22.1 Å². The number of carbonyl (C=O) groups excluding carboxylic acids is 1. The van der Waals surface area contributed by atoms with Crippen LogP contribution in [0.4, 0.5) is 17.3 Å². The van der Waals surface area contributed by atoms with Crippen LogP contribution >= 0.6 is 0 Å². The maximum Gasteiger partial charge on any atom is 0.673 e. The van der Waals surface area contributed by atoms with Crippen molar-refractivity contribution in [3.63, 3.8) is 0 Å². The van der Waals surface area contributed by atoms with E-state index in [0.29, 0.717) is 0 Å². The second-order valence-electron chi connectivity index (χ2n) is 1.30. The lowest BCUT2D eigenvalue weighted by molar-refractivity contribution is -0.118. The van der Waals surface area contributed by atoms with Gasteiger partial charge in [-0.1, -0.05) is 13.8 Å². The second-order valence-corrected chi connectivity index (χ2v) is 1.30. The molecule has 0 saturated heterocycles. The van der Waals surface area contributed by atoms with E-state index in [9.17, 15) is 22.1 Å². The van der Waals surface area contributed by atoms with E-state index in [1.54, 1.807) is 7.05 Å². The van der Waals surface area contributed by atoms with Gasteiger partial charge in [-0.15, -0.1) is 0 Å². The summed E-state index contributed by atoms with van der Waals surface area (Å²) < 4.78 is 39.0. The highest BCUT2D eigenvalue weighted by molar-refractivity contribution is 6.50. The van der Waals surface area contributed by atoms with Gasteiger partial charge in [-0.05, 0) is 0 Å². The first-order valence-corrected chi connectivity index (χ1v) is 3.33. The number of rotatable bonds is 0. The lowest BCUT2D eigenvalue weighted by Crippen LogP contribution is -2.11. The standard InChI is InChI=1S/C3H7NO.C2H6.BF4/c1-3(5)4-2;1-2;2-1(3,4)5/h1-2H3,(H,4,5);1-2H3;/q;;-1. The average molecular weight is 190 g/mol. The first-order chi connectivity index (χ1) is 5.27. The van der Waals surface area contributed by atoms with E-state index in [4.69, 9.17) is 0 Å². The van der Waals surface area contributed by atoms with E-state index in [2.05, 4.69) is 5.32 Å². The summed E-state index contributed by atoms with van der Waals surface area (Å²) in [6.07, 6.45) is 0. The van der Waals surface area contributed by atoms with E-state index in [-0.39, 0.29) is 5.91 Å². The average Bonchev–Trinajstić information content (AvgIpc) is 1.89. The molecule has 0 unspecified atom stereocenters. The largest absolute Gasteiger partial charge is 0.673 e. The Labute approximate surface area is 69.4 Å². The van der Waals surface area contributed by atoms with Gasteiger partial charge < -0.3 is 22.6 Å². The Bertz CT molecular complexity index is 100. The van der Waals surface area contributed by atoms with Crippen LogP contribution in [-0.4, -0.2) is 20.2 Å². The van der Waals surface area contributed by atoms with Crippen LogP contribution in [-0.2, 0) is 4.79 Å². The highest BCUT2D eigenvalue weighted by Gasteiger charge is 2.20. The predicted molar refractivity (Wildman–Crippen MR) is 41.3 cm³/mol. The molecule has 1 N–H and O–H groups in total. The zero-order valence-electron chi connectivity index (χ0n) is 7.50. The van der Waals surface area contributed by atoms with E-state index < -0.39 is 7.25 Å². The predicted octanol–water partition coefficient (Wildman–Crippen LogP) is 2.08. The molecule has 0 aromatic carbocycles. The zero-order valence-corrected chi connectivity index (χ0v) is 7.50. The van der Waals surface area contributed by atoms with E-state index in [0.717, 1.165) is 0 Å². The molecular formula is C5H13BF4NO-. The molecule has 0 aliphatic heterocycles. The second kappa shape index (κ2) is 10.3. The molecule has 0 atom stereocenters. The van der Waals surface area contributed by atoms with Crippen LogP contribution in [0.15, 0.2) is 0 Å². The summed E-state index contributed by atoms with van der Waals surface area (Å²) in [6.45, 7) is 5.47. The molecule has 12 heavy (non-hydrogen) atoms. The lowest BCUT2D eigenvalue weighted by Gasteiger charge is -1.94. The number of nitrogens with one attached hydrogen (secondary N) is 1. The number of carbonyl (C=O) groups is 1. The third-order valence-electron chi connectivity index (χ3n) is 0.352. The van der Waals surface area contributed by atoms with E-state index >= 15 is 0 Å². The molecule has 0 fully saturated rings. The molecule has 0 heterocycles. The topological polar surface area (TPSA) is 29.1 Å². The summed E-state index contributed by atoms with van der Waals surface area (Å²) >= 11 is 0. The molecule has 0 radical (unpaired) electrons. The first kappa shape index (κ1) is 17.4. The molecule has 7 heteroatoms. The summed E-state index contributed by atoms with van der Waals surface area (Å²) in [5.74, 6) is 0.00463. The molecule has 0 aliphatic rings. The van der Waals surface area contributed by atoms with Crippen molar-refractivity contribution in [3.8, 4) is 0 Å². The van der Waals surface area contributed by atoms with Gasteiger partial charge >= 0.3 is 7.25 Å². The number of halogens is 4. The van der Waals surface area contributed by atoms with Gasteiger partial charge in [0.25, 0.3) is 0 Å². The van der Waals surface area contributed by atoms with Crippen molar-refractivity contribution in [2.75, 3.05) is 7.05 Å². The Balaban J connectivity index is -0.000000112. The molecular weight excluding hydrogens is 177 g/mol. The van der Waals surface area contributed by atoms with Gasteiger partial charge in [-0.25, -0.2) is 0 Å². The number of hydrogen-bond acceptors (Lipinski definition) is 1. The Kier molecular flexibility index (Phi) is 14.8. The maximum atomic E-state index is 9.75. The van der Waals surface area contributed by atoms with Crippen LogP contribution in [0.1, 0.15) is 20.8 Å². The molecule has 0 aliphatic carbocycles. The molecule has 0 aromatic heterocycles. The quantitative estimate of drug-likeness (QED) is 0.459. The van der Waals surface area contributed by atoms with Crippen molar-refractivity contribution in [2.45, 2.75) is 20.8 Å². The first-order valence-electron chi connectivity index (χ1n) is 3.33. The minimum Gasteiger partial charge on any atom is -0.418 e. The van der Waals surface area contributed by atoms with Crippen molar-refractivity contribution >= 4 is 13.2 Å². The third kappa shape index (κ3) is 400. The molecule has 0 rings (SSSR count). The van der Waals surface area contributed by atoms with Crippen LogP contribution in [0.5, 0.6) is 0 Å². The third-order valence-corrected chi connectivity index (χ3v) is 0.352. The fourth-order valence-corrected chi connectivity index (χ4v) is 0. The fraction of sp³-hybridized carbons (Fsp3) is 0.800. The molecule has 0 bridgehead atoms. The summed E-state index contributed by atoms with van der Waals surface area (Å²) in [7, 11) is -4.40. The lowest BCUT2D eigenvalue weighted by atomic mass is 10.3. The van der Waals surface area contributed by atoms with Crippen LogP contribution in [0, 0.1) is 0 Å². The SMILES string of the molecule is CC.CNC(C)=O.F[B-](F)(F)F. The Morgan fingerprint density at radius 2 is 1.25 bits per heavy atom. The van der Waals surface area contributed by atoms with Gasteiger partial charge in [-0.3, -0.25) is 4.79 Å². The van der Waals surface area contributed by atoms with Crippen molar-refractivity contribution in [1.82, 2.24) is 5.32 Å². The van der Waals surface area contributed by atoms with Gasteiger partial charge in [0, 0.05) is 14.0 Å². The van der Waals surface area contributed by atoms with Crippen LogP contribution in [0.2, 0.25) is 0 Å². The molecule has 1 amide bonds. The van der Waals surface area contributed by atoms with Gasteiger partial charge in [0.1, 0.15) is 0 Å². The highest BCUT2D eigenvalue weighted by atomic mass is 19.5. The van der Waals surface area contributed by atoms with E-state index in [1.807, 2.05) is 13.8 Å². The fourth-order valence-electron chi connectivity index (χ4n) is 0. The highest BCUT2D eigenvalue weighted by Crippen LogP contribution is 2.06. The zero-order chi connectivity index (χ0) is 10.8. The van der Waals surface area contributed by atoms with Gasteiger partial charge in [0.05, 0.1) is 0 Å². The summed E-state index contributed by atoms with van der Waals surface area (Å²) in [5, 5.41) is 2.39. The Morgan fingerprint density at radius 1 is 1.17 bits per heavy atom. The molecule has 76 valence electrons. The smallest absolute Gasteiger partial charge is 0.418 e. The van der Waals surface area contributed by atoms with Crippen LogP contribution in [0.3, 0.4) is 0 Å². The molecule has 0 saturated carbocycles. The monoisotopic (exact) mass is 190 g/mol. The number of hydrogen-bond donors (Lipinski definition) is 1. The summed E-state index contributed by atoms with van der Waals surface area (Å²) in [5.41, 5.74) is 0. The Hall–Kier alpha value is -0.745. The van der Waals surface area contributed by atoms with Crippen molar-refractivity contribution in [1.29, 1.82) is 0 Å². The molecule has 0 spiro atoms. The van der Waals surface area contributed by atoms with Crippen molar-refractivity contribution in [3.05, 3.63) is 0 Å². The van der Waals surface area contributed by atoms with E-state index in [1.165, 1.54) is 6.92 Å². The van der Waals surface area contributed by atoms with Gasteiger partial charge in [0.2, 0.25) is 5.91 Å².